The number of methoxy groups -OCH3 is 2. The van der Waals surface area contributed by atoms with Crippen LogP contribution in [0, 0.1) is 5.92 Å². The highest BCUT2D eigenvalue weighted by molar-refractivity contribution is 5.97. The van der Waals surface area contributed by atoms with Crippen LogP contribution in [-0.2, 0) is 0 Å². The van der Waals surface area contributed by atoms with E-state index >= 15 is 0 Å². The Balaban J connectivity index is 2.05. The minimum Gasteiger partial charge on any atom is -0.493 e. The maximum absolute atomic E-state index is 12.1. The van der Waals surface area contributed by atoms with Gasteiger partial charge in [-0.25, -0.2) is 0 Å². The molecule has 1 fully saturated rings. The van der Waals surface area contributed by atoms with Crippen molar-refractivity contribution in [3.05, 3.63) is 23.8 Å². The molecule has 1 amide bonds. The van der Waals surface area contributed by atoms with E-state index in [-0.39, 0.29) is 11.9 Å². The summed E-state index contributed by atoms with van der Waals surface area (Å²) in [7, 11) is 3.06. The zero-order valence-electron chi connectivity index (χ0n) is 11.3. The lowest BCUT2D eigenvalue weighted by Gasteiger charge is -2.14. The van der Waals surface area contributed by atoms with Crippen LogP contribution in [0.25, 0.3) is 0 Å². The van der Waals surface area contributed by atoms with Crippen molar-refractivity contribution in [3.63, 3.8) is 0 Å². The predicted molar refractivity (Wildman–Crippen MR) is 72.6 cm³/mol. The normalized spacial score (nSPS) is 15.7. The molecule has 5 nitrogen and oxygen atoms in total. The molecule has 5 heteroatoms. The third kappa shape index (κ3) is 3.17. The number of carbonyl (C=O) groups excluding carboxylic acids is 1. The smallest absolute Gasteiger partial charge is 0.255 e. The molecule has 1 atom stereocenters. The highest BCUT2D eigenvalue weighted by Crippen LogP contribution is 2.32. The van der Waals surface area contributed by atoms with Crippen LogP contribution in [0.5, 0.6) is 11.5 Å². The number of ether oxygens (including phenoxy) is 2. The minimum atomic E-state index is -0.188. The molecule has 2 rings (SSSR count). The zero-order chi connectivity index (χ0) is 13.8. The number of nitrogens with one attached hydrogen (secondary N) is 1. The molecule has 3 N–H and O–H groups in total. The molecule has 1 aliphatic carbocycles. The average molecular weight is 264 g/mol. The number of rotatable bonds is 6. The highest BCUT2D eigenvalue weighted by atomic mass is 16.5. The molecule has 1 unspecified atom stereocenters. The van der Waals surface area contributed by atoms with Gasteiger partial charge in [-0.1, -0.05) is 6.07 Å². The summed E-state index contributed by atoms with van der Waals surface area (Å²) < 4.78 is 10.4. The van der Waals surface area contributed by atoms with Gasteiger partial charge < -0.3 is 20.5 Å². The summed E-state index contributed by atoms with van der Waals surface area (Å²) in [6.07, 6.45) is 2.33. The maximum atomic E-state index is 12.1. The van der Waals surface area contributed by atoms with Crippen molar-refractivity contribution in [2.45, 2.75) is 18.9 Å². The molecule has 1 saturated carbocycles. The lowest BCUT2D eigenvalue weighted by molar-refractivity contribution is 0.0946. The van der Waals surface area contributed by atoms with Crippen LogP contribution in [0.2, 0.25) is 0 Å². The Labute approximate surface area is 113 Å². The molecule has 0 spiro atoms. The average Bonchev–Trinajstić information content (AvgIpc) is 3.27. The van der Waals surface area contributed by atoms with Crippen LogP contribution < -0.4 is 20.5 Å². The van der Waals surface area contributed by atoms with Gasteiger partial charge >= 0.3 is 0 Å². The number of hydrogen-bond donors (Lipinski definition) is 2. The topological polar surface area (TPSA) is 73.6 Å². The van der Waals surface area contributed by atoms with Crippen molar-refractivity contribution in [2.24, 2.45) is 11.7 Å². The molecule has 104 valence electrons. The number of benzene rings is 1. The van der Waals surface area contributed by atoms with E-state index in [1.807, 2.05) is 0 Å². The molecule has 0 radical (unpaired) electrons. The van der Waals surface area contributed by atoms with E-state index in [0.717, 1.165) is 0 Å². The standard InChI is InChI=1S/C14H20N2O3/c1-18-12-5-3-4-10(13(12)19-2)14(17)16-8-11(15)9-6-7-9/h3-5,9,11H,6-8,15H2,1-2H3,(H,16,17). The van der Waals surface area contributed by atoms with Gasteiger partial charge in [-0.15, -0.1) is 0 Å². The van der Waals surface area contributed by atoms with Gasteiger partial charge in [-0.05, 0) is 30.9 Å². The molecule has 1 aromatic carbocycles. The lowest BCUT2D eigenvalue weighted by Crippen LogP contribution is -2.38. The maximum Gasteiger partial charge on any atom is 0.255 e. The Hall–Kier alpha value is -1.75. The number of carbonyl (C=O) groups is 1. The fourth-order valence-electron chi connectivity index (χ4n) is 2.06. The van der Waals surface area contributed by atoms with E-state index < -0.39 is 0 Å². The second kappa shape index (κ2) is 5.93. The summed E-state index contributed by atoms with van der Waals surface area (Å²) in [6, 6.07) is 5.27. The zero-order valence-corrected chi connectivity index (χ0v) is 11.3. The molecule has 0 saturated heterocycles. The molecule has 0 aliphatic heterocycles. The predicted octanol–water partition coefficient (Wildman–Crippen LogP) is 1.17. The first-order chi connectivity index (χ1) is 9.17. The fourth-order valence-corrected chi connectivity index (χ4v) is 2.06. The molecular weight excluding hydrogens is 244 g/mol. The van der Waals surface area contributed by atoms with E-state index in [1.54, 1.807) is 25.3 Å². The summed E-state index contributed by atoms with van der Waals surface area (Å²) in [5.41, 5.74) is 6.42. The van der Waals surface area contributed by atoms with Crippen molar-refractivity contribution < 1.29 is 14.3 Å². The first-order valence-corrected chi connectivity index (χ1v) is 6.42. The second-order valence-electron chi connectivity index (χ2n) is 4.75. The van der Waals surface area contributed by atoms with Gasteiger partial charge in [0.05, 0.1) is 19.8 Å². The van der Waals surface area contributed by atoms with Gasteiger partial charge in [-0.3, -0.25) is 4.79 Å². The number of amides is 1. The van der Waals surface area contributed by atoms with E-state index in [4.69, 9.17) is 15.2 Å². The van der Waals surface area contributed by atoms with Crippen LogP contribution in [0.3, 0.4) is 0 Å². The van der Waals surface area contributed by atoms with Crippen LogP contribution in [0.15, 0.2) is 18.2 Å². The monoisotopic (exact) mass is 264 g/mol. The van der Waals surface area contributed by atoms with E-state index in [1.165, 1.54) is 20.0 Å². The molecule has 0 bridgehead atoms. The van der Waals surface area contributed by atoms with Crippen molar-refractivity contribution in [2.75, 3.05) is 20.8 Å². The van der Waals surface area contributed by atoms with Gasteiger partial charge in [0, 0.05) is 12.6 Å². The highest BCUT2D eigenvalue weighted by Gasteiger charge is 2.28. The third-order valence-electron chi connectivity index (χ3n) is 3.37. The van der Waals surface area contributed by atoms with Crippen LogP contribution in [-0.4, -0.2) is 32.7 Å². The van der Waals surface area contributed by atoms with Crippen LogP contribution in [0.1, 0.15) is 23.2 Å². The summed E-state index contributed by atoms with van der Waals surface area (Å²) in [6.45, 7) is 0.490. The first-order valence-electron chi connectivity index (χ1n) is 6.42. The largest absolute Gasteiger partial charge is 0.493 e. The SMILES string of the molecule is COc1cccc(C(=O)NCC(N)C2CC2)c1OC. The van der Waals surface area contributed by atoms with Crippen molar-refractivity contribution in [3.8, 4) is 11.5 Å². The van der Waals surface area contributed by atoms with E-state index in [9.17, 15) is 4.79 Å². The summed E-state index contributed by atoms with van der Waals surface area (Å²) in [4.78, 5) is 12.1. The summed E-state index contributed by atoms with van der Waals surface area (Å²) in [5, 5.41) is 2.85. The van der Waals surface area contributed by atoms with E-state index in [0.29, 0.717) is 29.5 Å². The first kappa shape index (κ1) is 13.7. The van der Waals surface area contributed by atoms with Gasteiger partial charge in [0.15, 0.2) is 11.5 Å². The van der Waals surface area contributed by atoms with Crippen molar-refractivity contribution in [1.82, 2.24) is 5.32 Å². The number of nitrogens with two attached hydrogens (primary N) is 1. The Morgan fingerprint density at radius 3 is 2.74 bits per heavy atom. The van der Waals surface area contributed by atoms with Gasteiger partial charge in [0.1, 0.15) is 0 Å². The van der Waals surface area contributed by atoms with Crippen LogP contribution >= 0.6 is 0 Å². The molecule has 1 aliphatic rings. The van der Waals surface area contributed by atoms with Gasteiger partial charge in [-0.2, -0.15) is 0 Å². The van der Waals surface area contributed by atoms with Crippen molar-refractivity contribution >= 4 is 5.91 Å². The third-order valence-corrected chi connectivity index (χ3v) is 3.37. The lowest BCUT2D eigenvalue weighted by atomic mass is 10.1. The van der Waals surface area contributed by atoms with E-state index in [2.05, 4.69) is 5.32 Å². The Morgan fingerprint density at radius 1 is 1.42 bits per heavy atom. The minimum absolute atomic E-state index is 0.0422. The quantitative estimate of drug-likeness (QED) is 0.809. The summed E-state index contributed by atoms with van der Waals surface area (Å²) in [5.74, 6) is 1.36. The fraction of sp³-hybridized carbons (Fsp3) is 0.500. The van der Waals surface area contributed by atoms with Crippen molar-refractivity contribution in [1.29, 1.82) is 0 Å². The Kier molecular flexibility index (Phi) is 4.27. The molecule has 1 aromatic rings. The number of hydrogen-bond acceptors (Lipinski definition) is 4. The Bertz CT molecular complexity index is 458. The molecular formula is C14H20N2O3. The summed E-state index contributed by atoms with van der Waals surface area (Å²) >= 11 is 0. The molecule has 0 aromatic heterocycles. The number of para-hydroxylation sites is 1. The Morgan fingerprint density at radius 2 is 2.16 bits per heavy atom. The molecule has 0 heterocycles. The second-order valence-corrected chi connectivity index (χ2v) is 4.75. The van der Waals surface area contributed by atoms with Gasteiger partial charge in [0.25, 0.3) is 5.91 Å². The van der Waals surface area contributed by atoms with Crippen LogP contribution in [0.4, 0.5) is 0 Å². The molecule has 19 heavy (non-hydrogen) atoms. The van der Waals surface area contributed by atoms with Gasteiger partial charge in [0.2, 0.25) is 0 Å².